The van der Waals surface area contributed by atoms with E-state index in [0.717, 1.165) is 36.8 Å². The van der Waals surface area contributed by atoms with Crippen LogP contribution in [0.5, 0.6) is 0 Å². The van der Waals surface area contributed by atoms with Crippen molar-refractivity contribution in [2.45, 2.75) is 80.1 Å². The SMILES string of the molecule is C.C/C=C(\C=N)c1ccc(-c2cccc(C)c2C2CCCC(C)CC(=O)OCC2)cc1.CC.[HH]. The summed E-state index contributed by atoms with van der Waals surface area (Å²) in [4.78, 5) is 12.0. The highest BCUT2D eigenvalue weighted by Gasteiger charge is 2.21. The smallest absolute Gasteiger partial charge is 0.306 e. The lowest BCUT2D eigenvalue weighted by Gasteiger charge is -2.25. The number of aryl methyl sites for hydroxylation is 1. The van der Waals surface area contributed by atoms with E-state index >= 15 is 0 Å². The van der Waals surface area contributed by atoms with Gasteiger partial charge in [-0.15, -0.1) is 0 Å². The number of rotatable bonds is 4. The van der Waals surface area contributed by atoms with Gasteiger partial charge in [-0.3, -0.25) is 4.79 Å². The molecule has 2 aromatic carbocycles. The Bertz CT molecular complexity index is 918. The molecule has 182 valence electrons. The van der Waals surface area contributed by atoms with Gasteiger partial charge >= 0.3 is 5.97 Å². The molecule has 3 heteroatoms. The summed E-state index contributed by atoms with van der Waals surface area (Å²) in [5, 5.41) is 7.58. The highest BCUT2D eigenvalue weighted by molar-refractivity contribution is 6.08. The molecular weight excluding hydrogens is 406 g/mol. The summed E-state index contributed by atoms with van der Waals surface area (Å²) in [7, 11) is 0. The third kappa shape index (κ3) is 7.70. The Labute approximate surface area is 203 Å². The molecule has 1 N–H and O–H groups in total. The molecule has 2 atom stereocenters. The zero-order valence-electron chi connectivity index (χ0n) is 20.4. The summed E-state index contributed by atoms with van der Waals surface area (Å²) in [6, 6.07) is 15.0. The van der Waals surface area contributed by atoms with Crippen LogP contribution < -0.4 is 0 Å². The number of benzene rings is 2. The van der Waals surface area contributed by atoms with Gasteiger partial charge in [0.15, 0.2) is 0 Å². The third-order valence-corrected chi connectivity index (χ3v) is 6.22. The molecule has 0 bridgehead atoms. The van der Waals surface area contributed by atoms with Gasteiger partial charge in [0.05, 0.1) is 6.61 Å². The van der Waals surface area contributed by atoms with Crippen LogP contribution in [0.2, 0.25) is 0 Å². The standard InChI is InChI=1S/C27H33NO2.C2H6.CH4.H2/c1-4-21(18-28)22-11-13-23(14-12-22)25-10-6-8-20(3)27(25)24-9-5-7-19(2)17-26(29)30-16-15-24;1-2;;/h4,6,8,10-14,18-19,24,28H,5,7,9,15-17H2,1-3H3;1-2H3;1H4;1H/b21-4+,28-18?;;;. The summed E-state index contributed by atoms with van der Waals surface area (Å²) in [5.74, 6) is 0.705. The van der Waals surface area contributed by atoms with E-state index in [-0.39, 0.29) is 14.8 Å². The molecule has 3 nitrogen and oxygen atoms in total. The molecule has 0 amide bonds. The van der Waals surface area contributed by atoms with Crippen molar-refractivity contribution in [2.24, 2.45) is 5.92 Å². The molecule has 1 heterocycles. The number of carbonyl (C=O) groups is 1. The predicted octanol–water partition coefficient (Wildman–Crippen LogP) is 8.85. The number of esters is 1. The fraction of sp³-hybridized carbons (Fsp3) is 0.467. The maximum absolute atomic E-state index is 12.0. The van der Waals surface area contributed by atoms with Gasteiger partial charge in [0.2, 0.25) is 0 Å². The fourth-order valence-electron chi connectivity index (χ4n) is 4.56. The van der Waals surface area contributed by atoms with Crippen LogP contribution in [0.15, 0.2) is 48.5 Å². The van der Waals surface area contributed by atoms with E-state index in [1.165, 1.54) is 28.5 Å². The van der Waals surface area contributed by atoms with E-state index in [4.69, 9.17) is 10.1 Å². The van der Waals surface area contributed by atoms with Crippen molar-refractivity contribution < 1.29 is 11.0 Å². The Morgan fingerprint density at radius 3 is 2.42 bits per heavy atom. The van der Waals surface area contributed by atoms with Gasteiger partial charge in [-0.2, -0.15) is 0 Å². The molecule has 33 heavy (non-hydrogen) atoms. The molecule has 0 aliphatic carbocycles. The molecule has 1 aliphatic rings. The summed E-state index contributed by atoms with van der Waals surface area (Å²) < 4.78 is 5.53. The number of carbonyl (C=O) groups excluding carboxylic acids is 1. The molecule has 0 radical (unpaired) electrons. The van der Waals surface area contributed by atoms with E-state index in [1.54, 1.807) is 0 Å². The molecule has 3 rings (SSSR count). The minimum Gasteiger partial charge on any atom is -0.466 e. The summed E-state index contributed by atoms with van der Waals surface area (Å²) in [6.45, 7) is 10.8. The first-order chi connectivity index (χ1) is 15.5. The van der Waals surface area contributed by atoms with Crippen molar-refractivity contribution in [3.05, 3.63) is 65.2 Å². The molecule has 1 saturated heterocycles. The Balaban J connectivity index is 0.00000265. The summed E-state index contributed by atoms with van der Waals surface area (Å²) in [6.07, 6.45) is 8.09. The maximum Gasteiger partial charge on any atom is 0.306 e. The highest BCUT2D eigenvalue weighted by atomic mass is 16.5. The van der Waals surface area contributed by atoms with Gasteiger partial charge < -0.3 is 10.1 Å². The molecule has 0 spiro atoms. The first-order valence-electron chi connectivity index (χ1n) is 12.1. The topological polar surface area (TPSA) is 50.2 Å². The van der Waals surface area contributed by atoms with E-state index in [0.29, 0.717) is 24.9 Å². The molecule has 1 aliphatic heterocycles. The van der Waals surface area contributed by atoms with Gasteiger partial charge in [0.25, 0.3) is 0 Å². The lowest BCUT2D eigenvalue weighted by atomic mass is 9.82. The fourth-order valence-corrected chi connectivity index (χ4v) is 4.56. The average molecular weight is 452 g/mol. The van der Waals surface area contributed by atoms with Crippen LogP contribution in [0.3, 0.4) is 0 Å². The second-order valence-electron chi connectivity index (χ2n) is 8.45. The Morgan fingerprint density at radius 2 is 1.79 bits per heavy atom. The zero-order chi connectivity index (χ0) is 23.5. The quantitative estimate of drug-likeness (QED) is 0.373. The van der Waals surface area contributed by atoms with Crippen LogP contribution >= 0.6 is 0 Å². The predicted molar refractivity (Wildman–Crippen MR) is 145 cm³/mol. The Hall–Kier alpha value is -2.68. The monoisotopic (exact) mass is 451 g/mol. The van der Waals surface area contributed by atoms with Crippen LogP contribution in [-0.4, -0.2) is 18.8 Å². The van der Waals surface area contributed by atoms with Gasteiger partial charge in [0, 0.05) is 14.1 Å². The lowest BCUT2D eigenvalue weighted by Crippen LogP contribution is -2.15. The van der Waals surface area contributed by atoms with Crippen molar-refractivity contribution in [1.82, 2.24) is 0 Å². The Kier molecular flexibility index (Phi) is 12.4. The van der Waals surface area contributed by atoms with E-state index in [2.05, 4.69) is 56.3 Å². The minimum absolute atomic E-state index is 0. The highest BCUT2D eigenvalue weighted by Crippen LogP contribution is 2.37. The van der Waals surface area contributed by atoms with E-state index < -0.39 is 0 Å². The number of allylic oxidation sites excluding steroid dienone is 2. The number of ether oxygens (including phenoxy) is 1. The van der Waals surface area contributed by atoms with Crippen LogP contribution in [0, 0.1) is 18.3 Å². The van der Waals surface area contributed by atoms with Crippen LogP contribution in [0.1, 0.15) is 91.3 Å². The van der Waals surface area contributed by atoms with Crippen molar-refractivity contribution in [3.8, 4) is 11.1 Å². The van der Waals surface area contributed by atoms with Gasteiger partial charge in [-0.05, 0) is 71.9 Å². The number of hydrogen-bond donors (Lipinski definition) is 1. The van der Waals surface area contributed by atoms with Crippen molar-refractivity contribution in [1.29, 1.82) is 5.41 Å². The van der Waals surface area contributed by atoms with Crippen molar-refractivity contribution in [3.63, 3.8) is 0 Å². The molecule has 1 fully saturated rings. The zero-order valence-corrected chi connectivity index (χ0v) is 20.4. The van der Waals surface area contributed by atoms with Gasteiger partial charge in [0.1, 0.15) is 0 Å². The van der Waals surface area contributed by atoms with E-state index in [1.807, 2.05) is 26.8 Å². The molecule has 2 aromatic rings. The van der Waals surface area contributed by atoms with Gasteiger partial charge in [-0.25, -0.2) is 0 Å². The first kappa shape index (κ1) is 28.4. The normalized spacial score (nSPS) is 19.3. The third-order valence-electron chi connectivity index (χ3n) is 6.22. The minimum atomic E-state index is -0.0604. The largest absolute Gasteiger partial charge is 0.466 e. The molecule has 0 aromatic heterocycles. The average Bonchev–Trinajstić information content (AvgIpc) is 2.80. The van der Waals surface area contributed by atoms with Crippen molar-refractivity contribution >= 4 is 17.8 Å². The summed E-state index contributed by atoms with van der Waals surface area (Å²) >= 11 is 0. The maximum atomic E-state index is 12.0. The van der Waals surface area contributed by atoms with Crippen LogP contribution in [-0.2, 0) is 9.53 Å². The van der Waals surface area contributed by atoms with Crippen molar-refractivity contribution in [2.75, 3.05) is 6.61 Å². The Morgan fingerprint density at radius 1 is 1.09 bits per heavy atom. The van der Waals surface area contributed by atoms with Crippen LogP contribution in [0.25, 0.3) is 16.7 Å². The second-order valence-corrected chi connectivity index (χ2v) is 8.45. The number of hydrogen-bond acceptors (Lipinski definition) is 3. The summed E-state index contributed by atoms with van der Waals surface area (Å²) in [5.41, 5.74) is 7.12. The first-order valence-corrected chi connectivity index (χ1v) is 12.1. The molecular formula is C30H45NO2. The number of nitrogens with one attached hydrogen (secondary N) is 1. The lowest BCUT2D eigenvalue weighted by molar-refractivity contribution is -0.145. The van der Waals surface area contributed by atoms with Gasteiger partial charge in [-0.1, -0.05) is 89.6 Å². The second kappa shape index (κ2) is 14.5. The van der Waals surface area contributed by atoms with E-state index in [9.17, 15) is 4.79 Å². The number of cyclic esters (lactones) is 1. The molecule has 2 unspecified atom stereocenters. The van der Waals surface area contributed by atoms with Crippen LogP contribution in [0.4, 0.5) is 0 Å². The molecule has 0 saturated carbocycles.